The standard InChI is InChI=1S/C21H20F2N6O/c1-30-19-16-10-13(2-3-17(16)25-12-26-19)15-6-9-29-18(15)11-24-20(28-29)27-14-4-7-21(22,23)8-5-14/h2-3,6,9-12,14H,4-5,7-8H2,1H3,(H,27,28). The van der Waals surface area contributed by atoms with E-state index in [4.69, 9.17) is 4.74 Å². The van der Waals surface area contributed by atoms with Crippen LogP contribution in [-0.2, 0) is 0 Å². The van der Waals surface area contributed by atoms with Crippen LogP contribution in [0.5, 0.6) is 5.88 Å². The lowest BCUT2D eigenvalue weighted by Gasteiger charge is -2.28. The monoisotopic (exact) mass is 410 g/mol. The van der Waals surface area contributed by atoms with Crippen molar-refractivity contribution in [2.75, 3.05) is 12.4 Å². The molecule has 5 rings (SSSR count). The quantitative estimate of drug-likeness (QED) is 0.539. The Hall–Kier alpha value is -3.36. The number of fused-ring (bicyclic) bond motifs is 2. The molecule has 0 bridgehead atoms. The van der Waals surface area contributed by atoms with Crippen LogP contribution in [0.25, 0.3) is 27.5 Å². The minimum atomic E-state index is -2.55. The number of hydrogen-bond acceptors (Lipinski definition) is 6. The molecule has 0 unspecified atom stereocenters. The van der Waals surface area contributed by atoms with Gasteiger partial charge < -0.3 is 10.1 Å². The van der Waals surface area contributed by atoms with Crippen LogP contribution in [0, 0.1) is 0 Å². The molecule has 1 fully saturated rings. The maximum Gasteiger partial charge on any atom is 0.248 e. The second-order valence-corrected chi connectivity index (χ2v) is 7.53. The average molecular weight is 410 g/mol. The van der Waals surface area contributed by atoms with Crippen LogP contribution in [0.15, 0.2) is 43.0 Å². The van der Waals surface area contributed by atoms with E-state index in [0.29, 0.717) is 24.7 Å². The van der Waals surface area contributed by atoms with Gasteiger partial charge in [0.25, 0.3) is 0 Å². The molecule has 1 aliphatic rings. The maximum absolute atomic E-state index is 13.4. The summed E-state index contributed by atoms with van der Waals surface area (Å²) in [4.78, 5) is 12.9. The Bertz CT molecular complexity index is 1210. The summed E-state index contributed by atoms with van der Waals surface area (Å²) in [7, 11) is 1.58. The summed E-state index contributed by atoms with van der Waals surface area (Å²) in [6.07, 6.45) is 5.69. The van der Waals surface area contributed by atoms with E-state index >= 15 is 0 Å². The number of rotatable bonds is 4. The lowest BCUT2D eigenvalue weighted by molar-refractivity contribution is -0.0361. The molecule has 0 amide bonds. The van der Waals surface area contributed by atoms with Gasteiger partial charge in [0.1, 0.15) is 6.33 Å². The number of anilines is 1. The van der Waals surface area contributed by atoms with Crippen LogP contribution >= 0.6 is 0 Å². The summed E-state index contributed by atoms with van der Waals surface area (Å²) in [6.45, 7) is 0. The van der Waals surface area contributed by atoms with Crippen LogP contribution in [0.4, 0.5) is 14.7 Å². The highest BCUT2D eigenvalue weighted by atomic mass is 19.3. The fraction of sp³-hybridized carbons (Fsp3) is 0.333. The summed E-state index contributed by atoms with van der Waals surface area (Å²) in [5.41, 5.74) is 3.57. The molecule has 30 heavy (non-hydrogen) atoms. The lowest BCUT2D eigenvalue weighted by Crippen LogP contribution is -2.32. The zero-order chi connectivity index (χ0) is 20.7. The second kappa shape index (κ2) is 7.16. The predicted octanol–water partition coefficient (Wildman–Crippen LogP) is 4.34. The van der Waals surface area contributed by atoms with E-state index in [1.54, 1.807) is 17.8 Å². The summed E-state index contributed by atoms with van der Waals surface area (Å²) in [5, 5.41) is 8.52. The summed E-state index contributed by atoms with van der Waals surface area (Å²) >= 11 is 0. The first kappa shape index (κ1) is 18.7. The van der Waals surface area contributed by atoms with Crippen LogP contribution in [0.3, 0.4) is 0 Å². The second-order valence-electron chi connectivity index (χ2n) is 7.53. The molecule has 0 radical (unpaired) electrons. The molecule has 0 aliphatic heterocycles. The zero-order valence-corrected chi connectivity index (χ0v) is 16.3. The van der Waals surface area contributed by atoms with Gasteiger partial charge in [-0.2, -0.15) is 0 Å². The fourth-order valence-corrected chi connectivity index (χ4v) is 3.94. The van der Waals surface area contributed by atoms with Crippen molar-refractivity contribution in [3.05, 3.63) is 43.0 Å². The van der Waals surface area contributed by atoms with Gasteiger partial charge in [-0.1, -0.05) is 6.07 Å². The normalized spacial score (nSPS) is 16.8. The first-order chi connectivity index (χ1) is 14.5. The highest BCUT2D eigenvalue weighted by Gasteiger charge is 2.35. The largest absolute Gasteiger partial charge is 0.480 e. The van der Waals surface area contributed by atoms with E-state index in [1.807, 2.05) is 30.5 Å². The summed E-state index contributed by atoms with van der Waals surface area (Å²) < 4.78 is 33.8. The van der Waals surface area contributed by atoms with Crippen LogP contribution in [-0.4, -0.2) is 43.6 Å². The smallest absolute Gasteiger partial charge is 0.248 e. The summed E-state index contributed by atoms with van der Waals surface area (Å²) in [6, 6.07) is 7.82. The average Bonchev–Trinajstić information content (AvgIpc) is 3.17. The molecule has 1 aromatic carbocycles. The molecule has 4 aromatic rings. The Balaban J connectivity index is 1.44. The van der Waals surface area contributed by atoms with Gasteiger partial charge >= 0.3 is 0 Å². The molecule has 1 saturated carbocycles. The Morgan fingerprint density at radius 2 is 1.97 bits per heavy atom. The minimum absolute atomic E-state index is 0.0370. The van der Waals surface area contributed by atoms with Crippen molar-refractivity contribution in [2.45, 2.75) is 37.6 Å². The van der Waals surface area contributed by atoms with Crippen molar-refractivity contribution in [3.8, 4) is 17.0 Å². The van der Waals surface area contributed by atoms with Crippen molar-refractivity contribution in [1.82, 2.24) is 24.6 Å². The van der Waals surface area contributed by atoms with Crippen molar-refractivity contribution < 1.29 is 13.5 Å². The Labute approximate surface area is 171 Å². The highest BCUT2D eigenvalue weighted by Crippen LogP contribution is 2.34. The van der Waals surface area contributed by atoms with Crippen LogP contribution in [0.2, 0.25) is 0 Å². The van der Waals surface area contributed by atoms with Crippen molar-refractivity contribution in [2.24, 2.45) is 0 Å². The number of halogens is 2. The predicted molar refractivity (Wildman–Crippen MR) is 109 cm³/mol. The molecule has 0 atom stereocenters. The van der Waals surface area contributed by atoms with Gasteiger partial charge in [0, 0.05) is 30.6 Å². The van der Waals surface area contributed by atoms with Gasteiger partial charge in [-0.25, -0.2) is 28.2 Å². The van der Waals surface area contributed by atoms with Crippen LogP contribution in [0.1, 0.15) is 25.7 Å². The highest BCUT2D eigenvalue weighted by molar-refractivity contribution is 5.91. The molecule has 9 heteroatoms. The van der Waals surface area contributed by atoms with E-state index in [1.165, 1.54) is 6.33 Å². The maximum atomic E-state index is 13.4. The number of alkyl halides is 2. The number of ether oxygens (including phenoxy) is 1. The lowest BCUT2D eigenvalue weighted by atomic mass is 9.92. The fourth-order valence-electron chi connectivity index (χ4n) is 3.94. The molecule has 0 spiro atoms. The molecule has 154 valence electrons. The van der Waals surface area contributed by atoms with Gasteiger partial charge in [-0.15, -0.1) is 5.10 Å². The molecule has 1 aliphatic carbocycles. The van der Waals surface area contributed by atoms with E-state index in [0.717, 1.165) is 27.5 Å². The SMILES string of the molecule is COc1ncnc2ccc(-c3ccn4nc(NC5CCC(F)(F)CC5)ncc34)cc12. The van der Waals surface area contributed by atoms with E-state index in [9.17, 15) is 8.78 Å². The van der Waals surface area contributed by atoms with E-state index < -0.39 is 5.92 Å². The third-order valence-corrected chi connectivity index (χ3v) is 5.57. The first-order valence-electron chi connectivity index (χ1n) is 9.80. The molecule has 3 heterocycles. The van der Waals surface area contributed by atoms with E-state index in [2.05, 4.69) is 25.4 Å². The number of hydrogen-bond donors (Lipinski definition) is 1. The van der Waals surface area contributed by atoms with Gasteiger partial charge in [-0.3, -0.25) is 0 Å². The topological polar surface area (TPSA) is 77.2 Å². The van der Waals surface area contributed by atoms with Crippen LogP contribution < -0.4 is 10.1 Å². The van der Waals surface area contributed by atoms with Gasteiger partial charge in [0.2, 0.25) is 17.8 Å². The van der Waals surface area contributed by atoms with Gasteiger partial charge in [0.05, 0.1) is 29.7 Å². The van der Waals surface area contributed by atoms with Crippen molar-refractivity contribution in [3.63, 3.8) is 0 Å². The molecular weight excluding hydrogens is 390 g/mol. The number of nitrogens with zero attached hydrogens (tertiary/aromatic N) is 5. The van der Waals surface area contributed by atoms with Gasteiger partial charge in [0.15, 0.2) is 0 Å². The van der Waals surface area contributed by atoms with Crippen molar-refractivity contribution in [1.29, 1.82) is 0 Å². The first-order valence-corrected chi connectivity index (χ1v) is 9.80. The molecular formula is C21H20F2N6O. The van der Waals surface area contributed by atoms with Crippen molar-refractivity contribution >= 4 is 22.4 Å². The Kier molecular flexibility index (Phi) is 4.45. The molecule has 7 nitrogen and oxygen atoms in total. The number of benzene rings is 1. The molecule has 0 saturated heterocycles. The third-order valence-electron chi connectivity index (χ3n) is 5.57. The molecule has 1 N–H and O–H groups in total. The third kappa shape index (κ3) is 3.40. The number of aromatic nitrogens is 5. The van der Waals surface area contributed by atoms with Gasteiger partial charge in [-0.05, 0) is 36.6 Å². The Morgan fingerprint density at radius 1 is 1.13 bits per heavy atom. The minimum Gasteiger partial charge on any atom is -0.480 e. The summed E-state index contributed by atoms with van der Waals surface area (Å²) in [5.74, 6) is -1.59. The zero-order valence-electron chi connectivity index (χ0n) is 16.3. The Morgan fingerprint density at radius 3 is 2.77 bits per heavy atom. The number of nitrogens with one attached hydrogen (secondary N) is 1. The van der Waals surface area contributed by atoms with E-state index in [-0.39, 0.29) is 18.9 Å². The number of methoxy groups -OCH3 is 1. The molecule has 3 aromatic heterocycles.